The highest BCUT2D eigenvalue weighted by Gasteiger charge is 2.17. The van der Waals surface area contributed by atoms with Gasteiger partial charge in [-0.2, -0.15) is 8.42 Å². The van der Waals surface area contributed by atoms with E-state index < -0.39 is 15.9 Å². The molecule has 0 heterocycles. The molecule has 8 heteroatoms. The maximum absolute atomic E-state index is 13.4. The van der Waals surface area contributed by atoms with Crippen LogP contribution in [0, 0.1) is 5.82 Å². The standard InChI is InChI=1S/C18H20FNO5S/c1-24-10-9-20(18(21)15-6-4-7-16(19)12-15)13-14-5-3-8-17(11-14)25-26(2,22)23/h3-8,11-12H,9-10,13H2,1-2H3. The van der Waals surface area contributed by atoms with E-state index in [9.17, 15) is 17.6 Å². The third kappa shape index (κ3) is 6.12. The Hall–Kier alpha value is -2.45. The molecular formula is C18H20FNO5S. The minimum atomic E-state index is -3.64. The Labute approximate surface area is 152 Å². The maximum atomic E-state index is 13.4. The summed E-state index contributed by atoms with van der Waals surface area (Å²) in [6.45, 7) is 0.795. The van der Waals surface area contributed by atoms with Crippen LogP contribution in [0.3, 0.4) is 0 Å². The highest BCUT2D eigenvalue weighted by atomic mass is 32.2. The van der Waals surface area contributed by atoms with Crippen LogP contribution in [0.15, 0.2) is 48.5 Å². The van der Waals surface area contributed by atoms with Crippen LogP contribution in [0.1, 0.15) is 15.9 Å². The fourth-order valence-corrected chi connectivity index (χ4v) is 2.80. The number of amides is 1. The van der Waals surface area contributed by atoms with Crippen molar-refractivity contribution in [1.82, 2.24) is 4.90 Å². The van der Waals surface area contributed by atoms with Crippen molar-refractivity contribution in [2.45, 2.75) is 6.54 Å². The first kappa shape index (κ1) is 19.9. The average molecular weight is 381 g/mol. The second-order valence-electron chi connectivity index (χ2n) is 5.66. The average Bonchev–Trinajstić information content (AvgIpc) is 2.57. The van der Waals surface area contributed by atoms with Gasteiger partial charge in [0.05, 0.1) is 12.9 Å². The molecule has 0 fully saturated rings. The van der Waals surface area contributed by atoms with Crippen molar-refractivity contribution in [3.63, 3.8) is 0 Å². The lowest BCUT2D eigenvalue weighted by Crippen LogP contribution is -2.33. The highest BCUT2D eigenvalue weighted by molar-refractivity contribution is 7.86. The van der Waals surface area contributed by atoms with E-state index in [1.165, 1.54) is 42.3 Å². The van der Waals surface area contributed by atoms with Crippen molar-refractivity contribution < 1.29 is 26.5 Å². The van der Waals surface area contributed by atoms with Crippen LogP contribution >= 0.6 is 0 Å². The Balaban J connectivity index is 2.22. The Morgan fingerprint density at radius 2 is 1.88 bits per heavy atom. The van der Waals surface area contributed by atoms with Gasteiger partial charge in [-0.05, 0) is 35.9 Å². The van der Waals surface area contributed by atoms with E-state index in [1.54, 1.807) is 18.2 Å². The van der Waals surface area contributed by atoms with Gasteiger partial charge in [0, 0.05) is 25.8 Å². The molecule has 1 amide bonds. The minimum absolute atomic E-state index is 0.162. The van der Waals surface area contributed by atoms with E-state index in [-0.39, 0.29) is 23.8 Å². The van der Waals surface area contributed by atoms with E-state index in [0.717, 1.165) is 6.26 Å². The summed E-state index contributed by atoms with van der Waals surface area (Å²) in [5.41, 5.74) is 0.900. The number of methoxy groups -OCH3 is 1. The van der Waals surface area contributed by atoms with Gasteiger partial charge < -0.3 is 13.8 Å². The van der Waals surface area contributed by atoms with Crippen molar-refractivity contribution >= 4 is 16.0 Å². The molecule has 6 nitrogen and oxygen atoms in total. The highest BCUT2D eigenvalue weighted by Crippen LogP contribution is 2.18. The van der Waals surface area contributed by atoms with E-state index in [0.29, 0.717) is 18.7 Å². The van der Waals surface area contributed by atoms with Gasteiger partial charge in [-0.1, -0.05) is 18.2 Å². The Kier molecular flexibility index (Phi) is 6.70. The smallest absolute Gasteiger partial charge is 0.306 e. The predicted octanol–water partition coefficient (Wildman–Crippen LogP) is 2.45. The third-order valence-corrected chi connectivity index (χ3v) is 3.94. The first-order valence-corrected chi connectivity index (χ1v) is 9.62. The number of halogens is 1. The summed E-state index contributed by atoms with van der Waals surface area (Å²) in [5.74, 6) is -0.683. The number of nitrogens with zero attached hydrogens (tertiary/aromatic N) is 1. The molecule has 0 aliphatic rings. The third-order valence-electron chi connectivity index (χ3n) is 3.44. The maximum Gasteiger partial charge on any atom is 0.306 e. The first-order valence-electron chi connectivity index (χ1n) is 7.80. The van der Waals surface area contributed by atoms with Crippen LogP contribution in [-0.4, -0.2) is 45.7 Å². The monoisotopic (exact) mass is 381 g/mol. The van der Waals surface area contributed by atoms with E-state index in [2.05, 4.69) is 0 Å². The van der Waals surface area contributed by atoms with Gasteiger partial charge >= 0.3 is 10.1 Å². The van der Waals surface area contributed by atoms with Gasteiger partial charge in [-0.15, -0.1) is 0 Å². The largest absolute Gasteiger partial charge is 0.383 e. The van der Waals surface area contributed by atoms with Crippen molar-refractivity contribution in [3.8, 4) is 5.75 Å². The van der Waals surface area contributed by atoms with Crippen molar-refractivity contribution in [2.24, 2.45) is 0 Å². The number of benzene rings is 2. The molecule has 0 radical (unpaired) electrons. The van der Waals surface area contributed by atoms with Crippen molar-refractivity contribution in [1.29, 1.82) is 0 Å². The molecule has 2 aromatic carbocycles. The SMILES string of the molecule is COCCN(Cc1cccc(OS(C)(=O)=O)c1)C(=O)c1cccc(F)c1. The topological polar surface area (TPSA) is 72.9 Å². The summed E-state index contributed by atoms with van der Waals surface area (Å²) in [7, 11) is -2.12. The zero-order valence-electron chi connectivity index (χ0n) is 14.5. The molecule has 2 aromatic rings. The molecule has 0 aliphatic carbocycles. The van der Waals surface area contributed by atoms with Gasteiger partial charge in [0.15, 0.2) is 0 Å². The molecule has 26 heavy (non-hydrogen) atoms. The quantitative estimate of drug-likeness (QED) is 0.657. The molecule has 2 rings (SSSR count). The Morgan fingerprint density at radius 1 is 1.15 bits per heavy atom. The number of carbonyl (C=O) groups is 1. The number of hydrogen-bond donors (Lipinski definition) is 0. The van der Waals surface area contributed by atoms with Crippen LogP contribution in [0.25, 0.3) is 0 Å². The van der Waals surface area contributed by atoms with Crippen molar-refractivity contribution in [3.05, 3.63) is 65.5 Å². The molecule has 0 unspecified atom stereocenters. The van der Waals surface area contributed by atoms with Crippen LogP contribution in [0.2, 0.25) is 0 Å². The normalized spacial score (nSPS) is 11.2. The molecule has 0 aliphatic heterocycles. The molecule has 0 bridgehead atoms. The van der Waals surface area contributed by atoms with E-state index >= 15 is 0 Å². The lowest BCUT2D eigenvalue weighted by atomic mass is 10.1. The van der Waals surface area contributed by atoms with Crippen LogP contribution in [0.4, 0.5) is 4.39 Å². The molecule has 0 atom stereocenters. The molecular weight excluding hydrogens is 361 g/mol. The molecule has 140 valence electrons. The number of rotatable bonds is 8. The second kappa shape index (κ2) is 8.77. The summed E-state index contributed by atoms with van der Waals surface area (Å²) in [6.07, 6.45) is 0.956. The molecule has 0 N–H and O–H groups in total. The van der Waals surface area contributed by atoms with Crippen LogP contribution < -0.4 is 4.18 Å². The molecule has 0 aromatic heterocycles. The zero-order valence-corrected chi connectivity index (χ0v) is 15.3. The Bertz CT molecular complexity index is 869. The summed E-state index contributed by atoms with van der Waals surface area (Å²) in [4.78, 5) is 14.2. The first-order chi connectivity index (χ1) is 12.3. The number of hydrogen-bond acceptors (Lipinski definition) is 5. The van der Waals surface area contributed by atoms with Gasteiger partial charge in [0.25, 0.3) is 5.91 Å². The van der Waals surface area contributed by atoms with Crippen molar-refractivity contribution in [2.75, 3.05) is 26.5 Å². The minimum Gasteiger partial charge on any atom is -0.383 e. The number of carbonyl (C=O) groups excluding carboxylic acids is 1. The lowest BCUT2D eigenvalue weighted by Gasteiger charge is -2.23. The summed E-state index contributed by atoms with van der Waals surface area (Å²) in [5, 5.41) is 0. The van der Waals surface area contributed by atoms with Crippen LogP contribution in [0.5, 0.6) is 5.75 Å². The van der Waals surface area contributed by atoms with E-state index in [1.807, 2.05) is 0 Å². The molecule has 0 spiro atoms. The fraction of sp³-hybridized carbons (Fsp3) is 0.278. The van der Waals surface area contributed by atoms with Gasteiger partial charge in [-0.3, -0.25) is 4.79 Å². The van der Waals surface area contributed by atoms with E-state index in [4.69, 9.17) is 8.92 Å². The van der Waals surface area contributed by atoms with Gasteiger partial charge in [0.2, 0.25) is 0 Å². The molecule has 0 saturated carbocycles. The summed E-state index contributed by atoms with van der Waals surface area (Å²) >= 11 is 0. The predicted molar refractivity (Wildman–Crippen MR) is 94.9 cm³/mol. The van der Waals surface area contributed by atoms with Gasteiger partial charge in [-0.25, -0.2) is 4.39 Å². The Morgan fingerprint density at radius 3 is 2.54 bits per heavy atom. The van der Waals surface area contributed by atoms with Crippen LogP contribution in [-0.2, 0) is 21.4 Å². The molecule has 0 saturated heterocycles. The second-order valence-corrected chi connectivity index (χ2v) is 7.24. The zero-order chi connectivity index (χ0) is 19.2. The number of ether oxygens (including phenoxy) is 1. The van der Waals surface area contributed by atoms with Gasteiger partial charge in [0.1, 0.15) is 11.6 Å². The fourth-order valence-electron chi connectivity index (χ4n) is 2.35. The lowest BCUT2D eigenvalue weighted by molar-refractivity contribution is 0.0680. The summed E-state index contributed by atoms with van der Waals surface area (Å²) < 4.78 is 45.8. The summed E-state index contributed by atoms with van der Waals surface area (Å²) in [6, 6.07) is 11.9.